The van der Waals surface area contributed by atoms with E-state index >= 15 is 0 Å². The van der Waals surface area contributed by atoms with Crippen LogP contribution in [-0.2, 0) is 33.1 Å². The van der Waals surface area contributed by atoms with E-state index < -0.39 is 73.3 Å². The first-order valence-corrected chi connectivity index (χ1v) is 21.6. The second kappa shape index (κ2) is 19.6. The lowest BCUT2D eigenvalue weighted by atomic mass is 9.90. The van der Waals surface area contributed by atoms with Crippen LogP contribution in [0.1, 0.15) is 123 Å². The molecule has 0 heterocycles. The molecule has 0 aliphatic heterocycles. The summed E-state index contributed by atoms with van der Waals surface area (Å²) in [5.74, 6) is -3.13. The van der Waals surface area contributed by atoms with Crippen LogP contribution in [0.3, 0.4) is 0 Å². The van der Waals surface area contributed by atoms with E-state index in [0.717, 1.165) is 0 Å². The van der Waals surface area contributed by atoms with Gasteiger partial charge in [-0.15, -0.1) is 0 Å². The summed E-state index contributed by atoms with van der Waals surface area (Å²) in [6.45, 7) is 31.3. The molecule has 8 atom stereocenters. The molecule has 0 aromatic rings. The van der Waals surface area contributed by atoms with Gasteiger partial charge in [0, 0.05) is 14.0 Å². The summed E-state index contributed by atoms with van der Waals surface area (Å²) in [5, 5.41) is 19.8. The summed E-state index contributed by atoms with van der Waals surface area (Å²) in [5.41, 5.74) is -2.58. The van der Waals surface area contributed by atoms with Gasteiger partial charge in [-0.1, -0.05) is 75.2 Å². The van der Waals surface area contributed by atoms with Crippen LogP contribution < -0.4 is 16.0 Å². The minimum Gasteiger partial charge on any atom is -0.413 e. The molecule has 0 saturated heterocycles. The monoisotopic (exact) mass is 743 g/mol. The van der Waals surface area contributed by atoms with Crippen LogP contribution in [0.25, 0.3) is 0 Å². The summed E-state index contributed by atoms with van der Waals surface area (Å²) in [7, 11) is -0.745. The Kier molecular flexibility index (Phi) is 18.7. The van der Waals surface area contributed by atoms with E-state index in [1.807, 2.05) is 75.4 Å². The average molecular weight is 743 g/mol. The molecule has 4 N–H and O–H groups in total. The summed E-state index contributed by atoms with van der Waals surface area (Å²) in [6, 6.07) is -4.18. The fourth-order valence-corrected chi connectivity index (χ4v) is 6.46. The molecule has 0 aliphatic carbocycles. The lowest BCUT2D eigenvalue weighted by Crippen LogP contribution is -2.63. The van der Waals surface area contributed by atoms with Crippen LogP contribution in [0.2, 0.25) is 18.1 Å². The number of aliphatic hydroxyl groups is 1. The SMILES string of the molecule is CC[C@H](C)[C@H](NC(=O)[C@H]([C@@H](C)CC)N(C)C(C)=O)C(=O)N[C@H](C(=O)N[C@@H](CC(C)C)C(=O)[C@](C)(O)CO[Si](C)(C)C(C)(C)C)[C@@H](C)OC(C)(C)C. The van der Waals surface area contributed by atoms with Crippen LogP contribution in [0, 0.1) is 17.8 Å². The van der Waals surface area contributed by atoms with Crippen molar-refractivity contribution < 1.29 is 38.2 Å². The van der Waals surface area contributed by atoms with Crippen LogP contribution in [0.4, 0.5) is 0 Å². The van der Waals surface area contributed by atoms with Gasteiger partial charge >= 0.3 is 0 Å². The first kappa shape index (κ1) is 48.6. The van der Waals surface area contributed by atoms with E-state index in [-0.39, 0.29) is 41.7 Å². The smallest absolute Gasteiger partial charge is 0.245 e. The number of likely N-dealkylation sites (N-methyl/N-ethyl adjacent to an activating group) is 1. The van der Waals surface area contributed by atoms with Gasteiger partial charge in [-0.2, -0.15) is 0 Å². The highest BCUT2D eigenvalue weighted by Gasteiger charge is 2.44. The lowest BCUT2D eigenvalue weighted by molar-refractivity contribution is -0.146. The third-order valence-corrected chi connectivity index (χ3v) is 14.6. The summed E-state index contributed by atoms with van der Waals surface area (Å²) in [6.07, 6.45) is 0.556. The molecule has 0 aromatic heterocycles. The minimum atomic E-state index is -2.31. The topological polar surface area (TPSA) is 163 Å². The molecular formula is C38H74N4O8Si. The Balaban J connectivity index is 6.64. The highest BCUT2D eigenvalue weighted by Crippen LogP contribution is 2.37. The van der Waals surface area contributed by atoms with Crippen LogP contribution in [0.5, 0.6) is 0 Å². The van der Waals surface area contributed by atoms with Crippen molar-refractivity contribution in [3.8, 4) is 0 Å². The Labute approximate surface area is 310 Å². The van der Waals surface area contributed by atoms with Gasteiger partial charge in [0.25, 0.3) is 0 Å². The second-order valence-corrected chi connectivity index (χ2v) is 22.4. The molecule has 0 rings (SSSR count). The molecule has 0 spiro atoms. The van der Waals surface area contributed by atoms with E-state index in [2.05, 4.69) is 36.7 Å². The van der Waals surface area contributed by atoms with E-state index in [1.54, 1.807) is 14.0 Å². The first-order chi connectivity index (χ1) is 22.9. The normalized spacial score (nSPS) is 18.0. The second-order valence-electron chi connectivity index (χ2n) is 17.6. The predicted octanol–water partition coefficient (Wildman–Crippen LogP) is 4.97. The van der Waals surface area contributed by atoms with Crippen molar-refractivity contribution in [1.82, 2.24) is 20.9 Å². The molecular weight excluding hydrogens is 669 g/mol. The van der Waals surface area contributed by atoms with Gasteiger partial charge in [-0.05, 0) is 76.9 Å². The van der Waals surface area contributed by atoms with Gasteiger partial charge in [0.05, 0.1) is 24.4 Å². The molecule has 0 saturated carbocycles. The zero-order chi connectivity index (χ0) is 40.4. The third-order valence-electron chi connectivity index (χ3n) is 10.1. The van der Waals surface area contributed by atoms with Gasteiger partial charge in [0.1, 0.15) is 23.7 Å². The molecule has 0 fully saturated rings. The Morgan fingerprint density at radius 3 is 1.65 bits per heavy atom. The highest BCUT2D eigenvalue weighted by atomic mass is 28.4. The number of hydrogen-bond acceptors (Lipinski definition) is 8. The minimum absolute atomic E-state index is 0.0239. The maximum absolute atomic E-state index is 14.2. The number of Topliss-reactive ketones (excluding diaryl/α,β-unsaturated/α-hetero) is 1. The number of ether oxygens (including phenoxy) is 1. The maximum Gasteiger partial charge on any atom is 0.245 e. The molecule has 51 heavy (non-hydrogen) atoms. The van der Waals surface area contributed by atoms with E-state index in [4.69, 9.17) is 9.16 Å². The fraction of sp³-hybridized carbons (Fsp3) is 0.868. The lowest BCUT2D eigenvalue weighted by Gasteiger charge is -2.39. The Hall–Kier alpha value is -2.35. The van der Waals surface area contributed by atoms with E-state index in [9.17, 15) is 29.1 Å². The quantitative estimate of drug-likeness (QED) is 0.127. The number of hydrogen-bond donors (Lipinski definition) is 4. The summed E-state index contributed by atoms with van der Waals surface area (Å²) < 4.78 is 12.4. The molecule has 13 heteroatoms. The van der Waals surface area contributed by atoms with Crippen molar-refractivity contribution in [3.05, 3.63) is 0 Å². The molecule has 0 bridgehead atoms. The Morgan fingerprint density at radius 2 is 1.24 bits per heavy atom. The first-order valence-electron chi connectivity index (χ1n) is 18.7. The summed E-state index contributed by atoms with van der Waals surface area (Å²) in [4.78, 5) is 69.5. The van der Waals surface area contributed by atoms with Crippen LogP contribution in [0.15, 0.2) is 0 Å². The van der Waals surface area contributed by atoms with Crippen molar-refractivity contribution in [2.75, 3.05) is 13.7 Å². The van der Waals surface area contributed by atoms with Crippen molar-refractivity contribution >= 4 is 37.7 Å². The average Bonchev–Trinajstić information content (AvgIpc) is 2.98. The maximum atomic E-state index is 14.2. The number of ketones is 1. The number of carbonyl (C=O) groups is 5. The molecule has 0 aliphatic rings. The van der Waals surface area contributed by atoms with Crippen molar-refractivity contribution in [2.24, 2.45) is 17.8 Å². The molecule has 4 amide bonds. The largest absolute Gasteiger partial charge is 0.413 e. The third kappa shape index (κ3) is 15.3. The van der Waals surface area contributed by atoms with E-state index in [0.29, 0.717) is 12.8 Å². The standard InChI is InChI=1S/C38H74N4O8Si/c1-19-24(5)29(40-35(47)31(25(6)20-2)42(16)27(8)43)33(45)41-30(26(7)50-36(9,10)11)34(46)39-28(21-23(3)4)32(44)38(15,48)22-49-51(17,18)37(12,13)14/h23-26,28-31,48H,19-22H2,1-18H3,(H,39,46)(H,40,47)(H,41,45)/t24-,25-,26+,28-,29-,30-,31-,38+/m0/s1. The number of carbonyl (C=O) groups excluding carboxylic acids is 5. The van der Waals surface area contributed by atoms with Crippen molar-refractivity contribution in [3.63, 3.8) is 0 Å². The number of nitrogens with one attached hydrogen (secondary N) is 3. The summed E-state index contributed by atoms with van der Waals surface area (Å²) >= 11 is 0. The zero-order valence-corrected chi connectivity index (χ0v) is 36.2. The van der Waals surface area contributed by atoms with Crippen LogP contribution >= 0.6 is 0 Å². The van der Waals surface area contributed by atoms with Gasteiger partial charge in [0.2, 0.25) is 23.6 Å². The van der Waals surface area contributed by atoms with Gasteiger partial charge in [-0.3, -0.25) is 24.0 Å². The van der Waals surface area contributed by atoms with Crippen molar-refractivity contribution in [1.29, 1.82) is 0 Å². The highest BCUT2D eigenvalue weighted by molar-refractivity contribution is 6.74. The molecule has 0 unspecified atom stereocenters. The number of nitrogens with zero attached hydrogens (tertiary/aromatic N) is 1. The molecule has 12 nitrogen and oxygen atoms in total. The molecule has 0 radical (unpaired) electrons. The van der Waals surface area contributed by atoms with Crippen molar-refractivity contribution in [2.45, 2.75) is 183 Å². The van der Waals surface area contributed by atoms with Gasteiger partial charge in [0.15, 0.2) is 14.1 Å². The zero-order valence-electron chi connectivity index (χ0n) is 35.2. The van der Waals surface area contributed by atoms with Gasteiger partial charge < -0.3 is 35.1 Å². The Bertz CT molecular complexity index is 1180. The molecule has 0 aromatic carbocycles. The number of amides is 4. The predicted molar refractivity (Wildman–Crippen MR) is 205 cm³/mol. The van der Waals surface area contributed by atoms with E-state index in [1.165, 1.54) is 18.7 Å². The van der Waals surface area contributed by atoms with Crippen LogP contribution in [-0.4, -0.2) is 103 Å². The molecule has 298 valence electrons. The number of rotatable bonds is 20. The fourth-order valence-electron chi connectivity index (χ4n) is 5.39. The van der Waals surface area contributed by atoms with Gasteiger partial charge in [-0.25, -0.2) is 0 Å². The Morgan fingerprint density at radius 1 is 0.765 bits per heavy atom.